The number of aliphatic hydroxyl groups excluding tert-OH is 1. The minimum absolute atomic E-state index is 0.529. The number of hydrogen-bond donors (Lipinski definition) is 2. The maximum Gasteiger partial charge on any atom is 0.265 e. The molecule has 14 heavy (non-hydrogen) atoms. The van der Waals surface area contributed by atoms with E-state index in [2.05, 4.69) is 26.5 Å². The van der Waals surface area contributed by atoms with Crippen LogP contribution in [-0.4, -0.2) is 23.8 Å². The molecule has 0 unspecified atom stereocenters. The van der Waals surface area contributed by atoms with Crippen LogP contribution in [0.2, 0.25) is 0 Å². The summed E-state index contributed by atoms with van der Waals surface area (Å²) >= 11 is 3.30. The summed E-state index contributed by atoms with van der Waals surface area (Å²) in [6.07, 6.45) is 1.50. The van der Waals surface area contributed by atoms with Crippen LogP contribution in [0.1, 0.15) is 5.56 Å². The summed E-state index contributed by atoms with van der Waals surface area (Å²) in [6.45, 7) is -0.558. The molecule has 0 heterocycles. The zero-order valence-electron chi connectivity index (χ0n) is 7.27. The summed E-state index contributed by atoms with van der Waals surface area (Å²) in [5.41, 5.74) is 3.03. The van der Waals surface area contributed by atoms with Crippen LogP contribution >= 0.6 is 15.9 Å². The van der Waals surface area contributed by atoms with Gasteiger partial charge in [0.05, 0.1) is 6.21 Å². The second kappa shape index (κ2) is 5.51. The van der Waals surface area contributed by atoms with Crippen molar-refractivity contribution in [3.05, 3.63) is 34.3 Å². The SMILES string of the molecule is O=C(CO)N/N=C\c1ccc(Br)cc1. The number of aliphatic hydroxyl groups is 1. The average Bonchev–Trinajstić information content (AvgIpc) is 2.21. The third-order valence-electron chi connectivity index (χ3n) is 1.42. The standard InChI is InChI=1S/C9H9BrN2O2/c10-8-3-1-7(2-4-8)5-11-12-9(14)6-13/h1-5,13H,6H2,(H,12,14)/b11-5-. The normalized spacial score (nSPS) is 10.4. The summed E-state index contributed by atoms with van der Waals surface area (Å²) in [6, 6.07) is 7.43. The van der Waals surface area contributed by atoms with Crippen molar-refractivity contribution in [2.45, 2.75) is 0 Å². The number of hydrogen-bond acceptors (Lipinski definition) is 3. The average molecular weight is 257 g/mol. The fraction of sp³-hybridized carbons (Fsp3) is 0.111. The molecule has 0 bridgehead atoms. The Morgan fingerprint density at radius 1 is 1.50 bits per heavy atom. The van der Waals surface area contributed by atoms with Crippen LogP contribution in [0.15, 0.2) is 33.8 Å². The fourth-order valence-electron chi connectivity index (χ4n) is 0.763. The van der Waals surface area contributed by atoms with Crippen molar-refractivity contribution >= 4 is 28.1 Å². The van der Waals surface area contributed by atoms with E-state index >= 15 is 0 Å². The zero-order chi connectivity index (χ0) is 10.4. The fourth-order valence-corrected chi connectivity index (χ4v) is 1.03. The van der Waals surface area contributed by atoms with E-state index in [0.29, 0.717) is 0 Å². The minimum atomic E-state index is -0.558. The Morgan fingerprint density at radius 2 is 2.14 bits per heavy atom. The van der Waals surface area contributed by atoms with Crippen molar-refractivity contribution in [2.75, 3.05) is 6.61 Å². The first kappa shape index (κ1) is 10.9. The second-order valence-corrected chi connectivity index (χ2v) is 3.42. The van der Waals surface area contributed by atoms with E-state index in [9.17, 15) is 4.79 Å². The lowest BCUT2D eigenvalue weighted by molar-refractivity contribution is -0.123. The first-order valence-corrected chi connectivity index (χ1v) is 4.70. The van der Waals surface area contributed by atoms with Gasteiger partial charge in [-0.15, -0.1) is 0 Å². The summed E-state index contributed by atoms with van der Waals surface area (Å²) in [5, 5.41) is 12.0. The van der Waals surface area contributed by atoms with Gasteiger partial charge in [-0.1, -0.05) is 28.1 Å². The predicted octanol–water partition coefficient (Wildman–Crippen LogP) is 0.891. The van der Waals surface area contributed by atoms with E-state index in [-0.39, 0.29) is 0 Å². The van der Waals surface area contributed by atoms with Crippen LogP contribution < -0.4 is 5.43 Å². The van der Waals surface area contributed by atoms with Gasteiger partial charge >= 0.3 is 0 Å². The van der Waals surface area contributed by atoms with Gasteiger partial charge in [-0.3, -0.25) is 4.79 Å². The number of carbonyl (C=O) groups excluding carboxylic acids is 1. The Labute approximate surface area is 89.8 Å². The maximum atomic E-state index is 10.6. The molecule has 4 nitrogen and oxygen atoms in total. The maximum absolute atomic E-state index is 10.6. The molecule has 0 aromatic heterocycles. The first-order valence-electron chi connectivity index (χ1n) is 3.90. The quantitative estimate of drug-likeness (QED) is 0.624. The van der Waals surface area contributed by atoms with Crippen LogP contribution in [0.4, 0.5) is 0 Å². The molecule has 2 N–H and O–H groups in total. The molecule has 0 spiro atoms. The zero-order valence-corrected chi connectivity index (χ0v) is 8.86. The van der Waals surface area contributed by atoms with Gasteiger partial charge in [0, 0.05) is 4.47 Å². The highest BCUT2D eigenvalue weighted by atomic mass is 79.9. The molecular weight excluding hydrogens is 248 g/mol. The van der Waals surface area contributed by atoms with Crippen molar-refractivity contribution in [1.29, 1.82) is 0 Å². The Hall–Kier alpha value is -1.20. The predicted molar refractivity (Wildman–Crippen MR) is 57.0 cm³/mol. The van der Waals surface area contributed by atoms with Crippen LogP contribution in [0, 0.1) is 0 Å². The molecule has 0 radical (unpaired) electrons. The number of nitrogens with zero attached hydrogens (tertiary/aromatic N) is 1. The van der Waals surface area contributed by atoms with Gasteiger partial charge in [-0.05, 0) is 17.7 Å². The molecule has 0 fully saturated rings. The van der Waals surface area contributed by atoms with Crippen LogP contribution in [0.5, 0.6) is 0 Å². The molecule has 1 amide bonds. The first-order chi connectivity index (χ1) is 6.72. The largest absolute Gasteiger partial charge is 0.386 e. The Bertz CT molecular complexity index is 335. The summed E-state index contributed by atoms with van der Waals surface area (Å²) in [5.74, 6) is -0.529. The number of hydrazone groups is 1. The van der Waals surface area contributed by atoms with Gasteiger partial charge in [0.25, 0.3) is 5.91 Å². The van der Waals surface area contributed by atoms with E-state index < -0.39 is 12.5 Å². The lowest BCUT2D eigenvalue weighted by atomic mass is 10.2. The van der Waals surface area contributed by atoms with E-state index in [0.717, 1.165) is 10.0 Å². The van der Waals surface area contributed by atoms with Gasteiger partial charge in [-0.25, -0.2) is 5.43 Å². The van der Waals surface area contributed by atoms with Crippen LogP contribution in [0.25, 0.3) is 0 Å². The molecule has 0 saturated carbocycles. The highest BCUT2D eigenvalue weighted by Gasteiger charge is 1.92. The Balaban J connectivity index is 2.52. The summed E-state index contributed by atoms with van der Waals surface area (Å²) in [7, 11) is 0. The van der Waals surface area contributed by atoms with E-state index in [1.54, 1.807) is 0 Å². The molecule has 74 valence electrons. The highest BCUT2D eigenvalue weighted by Crippen LogP contribution is 2.08. The van der Waals surface area contributed by atoms with Crippen molar-refractivity contribution in [2.24, 2.45) is 5.10 Å². The third-order valence-corrected chi connectivity index (χ3v) is 1.95. The molecule has 1 aromatic carbocycles. The summed E-state index contributed by atoms with van der Waals surface area (Å²) < 4.78 is 0.981. The molecule has 0 atom stereocenters. The molecule has 0 aliphatic carbocycles. The third kappa shape index (κ3) is 3.68. The second-order valence-electron chi connectivity index (χ2n) is 2.50. The van der Waals surface area contributed by atoms with Gasteiger partial charge in [0.15, 0.2) is 0 Å². The molecule has 0 saturated heterocycles. The van der Waals surface area contributed by atoms with Crippen molar-refractivity contribution in [1.82, 2.24) is 5.43 Å². The number of rotatable bonds is 3. The van der Waals surface area contributed by atoms with Crippen LogP contribution in [-0.2, 0) is 4.79 Å². The lowest BCUT2D eigenvalue weighted by Crippen LogP contribution is -2.20. The molecule has 0 aliphatic heterocycles. The van der Waals surface area contributed by atoms with Crippen molar-refractivity contribution in [3.63, 3.8) is 0 Å². The molecule has 5 heteroatoms. The molecule has 1 rings (SSSR count). The van der Waals surface area contributed by atoms with Gasteiger partial charge in [-0.2, -0.15) is 5.10 Å². The van der Waals surface area contributed by atoms with Crippen molar-refractivity contribution < 1.29 is 9.90 Å². The molecule has 1 aromatic rings. The Kier molecular flexibility index (Phi) is 4.28. The smallest absolute Gasteiger partial charge is 0.265 e. The van der Waals surface area contributed by atoms with Crippen LogP contribution in [0.3, 0.4) is 0 Å². The Morgan fingerprint density at radius 3 is 2.71 bits per heavy atom. The lowest BCUT2D eigenvalue weighted by Gasteiger charge is -1.94. The van der Waals surface area contributed by atoms with E-state index in [1.807, 2.05) is 24.3 Å². The summed E-state index contributed by atoms with van der Waals surface area (Å²) in [4.78, 5) is 10.6. The van der Waals surface area contributed by atoms with E-state index in [4.69, 9.17) is 5.11 Å². The van der Waals surface area contributed by atoms with Gasteiger partial charge in [0.2, 0.25) is 0 Å². The number of halogens is 1. The number of benzene rings is 1. The number of amides is 1. The van der Waals surface area contributed by atoms with Gasteiger partial charge in [0.1, 0.15) is 6.61 Å². The minimum Gasteiger partial charge on any atom is -0.386 e. The van der Waals surface area contributed by atoms with E-state index in [1.165, 1.54) is 6.21 Å². The number of nitrogens with one attached hydrogen (secondary N) is 1. The van der Waals surface area contributed by atoms with Gasteiger partial charge < -0.3 is 5.11 Å². The monoisotopic (exact) mass is 256 g/mol. The van der Waals surface area contributed by atoms with Crippen molar-refractivity contribution in [3.8, 4) is 0 Å². The highest BCUT2D eigenvalue weighted by molar-refractivity contribution is 9.10. The topological polar surface area (TPSA) is 61.7 Å². The molecular formula is C9H9BrN2O2. The number of carbonyl (C=O) groups is 1. The molecule has 0 aliphatic rings.